The zero-order chi connectivity index (χ0) is 8.43. The van der Waals surface area contributed by atoms with Crippen molar-refractivity contribution in [1.82, 2.24) is 4.98 Å². The topological polar surface area (TPSA) is 12.9 Å². The molecular formula is C7H6BrCl2N. The molecule has 0 aromatic carbocycles. The van der Waals surface area contributed by atoms with Gasteiger partial charge < -0.3 is 0 Å². The Morgan fingerprint density at radius 1 is 1.45 bits per heavy atom. The van der Waals surface area contributed by atoms with E-state index in [4.69, 9.17) is 23.2 Å². The summed E-state index contributed by atoms with van der Waals surface area (Å²) in [4.78, 5) is 3.94. The molecule has 0 spiro atoms. The van der Waals surface area contributed by atoms with Gasteiger partial charge in [-0.25, -0.2) is 4.98 Å². The molecule has 0 radical (unpaired) electrons. The van der Waals surface area contributed by atoms with Crippen LogP contribution < -0.4 is 0 Å². The molecule has 0 aliphatic heterocycles. The molecule has 1 nitrogen and oxygen atoms in total. The number of rotatable bonds is 1. The minimum atomic E-state index is 0.470. The zero-order valence-corrected chi connectivity index (χ0v) is 8.96. The second-order valence-corrected chi connectivity index (χ2v) is 3.46. The molecule has 1 heterocycles. The van der Waals surface area contributed by atoms with Gasteiger partial charge in [-0.15, -0.1) is 0 Å². The van der Waals surface area contributed by atoms with Crippen molar-refractivity contribution in [3.63, 3.8) is 0 Å². The van der Waals surface area contributed by atoms with Gasteiger partial charge in [0.15, 0.2) is 0 Å². The predicted molar refractivity (Wildman–Crippen MR) is 51.6 cm³/mol. The quantitative estimate of drug-likeness (QED) is 0.551. The van der Waals surface area contributed by atoms with E-state index in [2.05, 4.69) is 20.9 Å². The van der Waals surface area contributed by atoms with Crippen LogP contribution in [0.4, 0.5) is 0 Å². The molecule has 0 N–H and O–H groups in total. The summed E-state index contributed by atoms with van der Waals surface area (Å²) < 4.78 is 0. The first-order valence-electron chi connectivity index (χ1n) is 3.02. The first-order chi connectivity index (χ1) is 5.15. The van der Waals surface area contributed by atoms with Crippen molar-refractivity contribution < 1.29 is 0 Å². The van der Waals surface area contributed by atoms with Gasteiger partial charge in [-0.3, -0.25) is 0 Å². The molecule has 0 saturated carbocycles. The number of pyridine rings is 1. The summed E-state index contributed by atoms with van der Waals surface area (Å²) in [7, 11) is 0. The highest BCUT2D eigenvalue weighted by Crippen LogP contribution is 2.22. The Balaban J connectivity index is 3.21. The summed E-state index contributed by atoms with van der Waals surface area (Å²) in [6.45, 7) is 1.90. The fourth-order valence-corrected chi connectivity index (χ4v) is 1.70. The maximum Gasteiger partial charge on any atom is 0.134 e. The minimum absolute atomic E-state index is 0.470. The lowest BCUT2D eigenvalue weighted by Crippen LogP contribution is -1.88. The number of nitrogens with zero attached hydrogens (tertiary/aromatic N) is 1. The molecule has 0 unspecified atom stereocenters. The Hall–Kier alpha value is 0.210. The zero-order valence-electron chi connectivity index (χ0n) is 5.87. The number of alkyl halides is 1. The molecule has 0 saturated heterocycles. The molecule has 4 heteroatoms. The highest BCUT2D eigenvalue weighted by atomic mass is 79.9. The van der Waals surface area contributed by atoms with Crippen molar-refractivity contribution in [1.29, 1.82) is 0 Å². The molecule has 1 aromatic rings. The second kappa shape index (κ2) is 3.74. The molecule has 0 bridgehead atoms. The Labute approximate surface area is 83.9 Å². The van der Waals surface area contributed by atoms with Crippen molar-refractivity contribution in [2.45, 2.75) is 12.3 Å². The van der Waals surface area contributed by atoms with Crippen LogP contribution >= 0.6 is 39.1 Å². The second-order valence-electron chi connectivity index (χ2n) is 2.18. The average Bonchev–Trinajstić information content (AvgIpc) is 1.97. The number of hydrogen-bond donors (Lipinski definition) is 0. The molecule has 0 fully saturated rings. The van der Waals surface area contributed by atoms with Crippen LogP contribution in [0.2, 0.25) is 10.3 Å². The van der Waals surface area contributed by atoms with E-state index in [0.717, 1.165) is 11.1 Å². The Morgan fingerprint density at radius 3 is 2.64 bits per heavy atom. The number of halogens is 3. The third-order valence-corrected chi connectivity index (χ3v) is 2.64. The minimum Gasteiger partial charge on any atom is -0.224 e. The largest absolute Gasteiger partial charge is 0.224 e. The SMILES string of the molecule is Cc1cc(CBr)c(Cl)nc1Cl. The van der Waals surface area contributed by atoms with E-state index < -0.39 is 0 Å². The van der Waals surface area contributed by atoms with Gasteiger partial charge in [0.2, 0.25) is 0 Å². The van der Waals surface area contributed by atoms with Crippen molar-refractivity contribution in [3.05, 3.63) is 27.5 Å². The summed E-state index contributed by atoms with van der Waals surface area (Å²) in [6, 6.07) is 1.92. The van der Waals surface area contributed by atoms with Crippen LogP contribution in [0.25, 0.3) is 0 Å². The van der Waals surface area contributed by atoms with E-state index in [9.17, 15) is 0 Å². The number of hydrogen-bond acceptors (Lipinski definition) is 1. The van der Waals surface area contributed by atoms with Crippen LogP contribution in [0, 0.1) is 6.92 Å². The smallest absolute Gasteiger partial charge is 0.134 e. The van der Waals surface area contributed by atoms with Crippen LogP contribution in [0.5, 0.6) is 0 Å². The molecule has 0 aliphatic carbocycles. The molecule has 0 amide bonds. The molecule has 1 rings (SSSR count). The molecular weight excluding hydrogens is 249 g/mol. The van der Waals surface area contributed by atoms with Gasteiger partial charge in [-0.1, -0.05) is 39.1 Å². The van der Waals surface area contributed by atoms with E-state index in [1.165, 1.54) is 0 Å². The van der Waals surface area contributed by atoms with Gasteiger partial charge in [-0.2, -0.15) is 0 Å². The molecule has 60 valence electrons. The first-order valence-corrected chi connectivity index (χ1v) is 4.90. The van der Waals surface area contributed by atoms with E-state index in [-0.39, 0.29) is 0 Å². The first kappa shape index (κ1) is 9.30. The maximum atomic E-state index is 5.78. The fraction of sp³-hybridized carbons (Fsp3) is 0.286. The van der Waals surface area contributed by atoms with Gasteiger partial charge in [0.05, 0.1) is 0 Å². The number of aromatic nitrogens is 1. The summed E-state index contributed by atoms with van der Waals surface area (Å²) in [5, 5.41) is 1.65. The van der Waals surface area contributed by atoms with Gasteiger partial charge in [0.25, 0.3) is 0 Å². The van der Waals surface area contributed by atoms with E-state index in [1.54, 1.807) is 0 Å². The summed E-state index contributed by atoms with van der Waals surface area (Å²) in [5.41, 5.74) is 1.92. The van der Waals surface area contributed by atoms with Gasteiger partial charge in [0, 0.05) is 10.9 Å². The van der Waals surface area contributed by atoms with E-state index >= 15 is 0 Å². The summed E-state index contributed by atoms with van der Waals surface area (Å²) >= 11 is 14.8. The van der Waals surface area contributed by atoms with Crippen LogP contribution in [0.15, 0.2) is 6.07 Å². The maximum absolute atomic E-state index is 5.78. The van der Waals surface area contributed by atoms with E-state index in [1.807, 2.05) is 13.0 Å². The Morgan fingerprint density at radius 2 is 2.09 bits per heavy atom. The summed E-state index contributed by atoms with van der Waals surface area (Å²) in [6.07, 6.45) is 0. The molecule has 0 atom stereocenters. The highest BCUT2D eigenvalue weighted by molar-refractivity contribution is 9.08. The normalized spacial score (nSPS) is 10.2. The third-order valence-electron chi connectivity index (χ3n) is 1.32. The fourth-order valence-electron chi connectivity index (χ4n) is 0.720. The van der Waals surface area contributed by atoms with E-state index in [0.29, 0.717) is 15.6 Å². The standard InChI is InChI=1S/C7H6BrCl2N/c1-4-2-5(3-8)7(10)11-6(4)9/h2H,3H2,1H3. The summed E-state index contributed by atoms with van der Waals surface area (Å²) in [5.74, 6) is 0. The van der Waals surface area contributed by atoms with Gasteiger partial charge >= 0.3 is 0 Å². The lowest BCUT2D eigenvalue weighted by atomic mass is 10.2. The highest BCUT2D eigenvalue weighted by Gasteiger charge is 2.03. The lowest BCUT2D eigenvalue weighted by molar-refractivity contribution is 1.21. The third kappa shape index (κ3) is 2.08. The van der Waals surface area contributed by atoms with Crippen molar-refractivity contribution in [2.24, 2.45) is 0 Å². The van der Waals surface area contributed by atoms with Crippen LogP contribution in [-0.2, 0) is 5.33 Å². The van der Waals surface area contributed by atoms with Crippen molar-refractivity contribution in [3.8, 4) is 0 Å². The van der Waals surface area contributed by atoms with Crippen LogP contribution in [-0.4, -0.2) is 4.98 Å². The van der Waals surface area contributed by atoms with Crippen LogP contribution in [0.3, 0.4) is 0 Å². The number of aryl methyl sites for hydroxylation is 1. The van der Waals surface area contributed by atoms with Crippen molar-refractivity contribution >= 4 is 39.1 Å². The van der Waals surface area contributed by atoms with Gasteiger partial charge in [-0.05, 0) is 18.6 Å². The molecule has 0 aliphatic rings. The van der Waals surface area contributed by atoms with Crippen molar-refractivity contribution in [2.75, 3.05) is 0 Å². The molecule has 11 heavy (non-hydrogen) atoms. The monoisotopic (exact) mass is 253 g/mol. The Bertz CT molecular complexity index is 275. The molecule has 1 aromatic heterocycles. The average molecular weight is 255 g/mol. The lowest BCUT2D eigenvalue weighted by Gasteiger charge is -2.01. The van der Waals surface area contributed by atoms with Gasteiger partial charge in [0.1, 0.15) is 10.3 Å². The van der Waals surface area contributed by atoms with Crippen LogP contribution in [0.1, 0.15) is 11.1 Å². The Kier molecular flexibility index (Phi) is 3.16. The predicted octanol–water partition coefficient (Wildman–Crippen LogP) is 3.59.